The summed E-state index contributed by atoms with van der Waals surface area (Å²) in [5, 5.41) is 0. The molecule has 0 aromatic carbocycles. The Bertz CT molecular complexity index is 425. The zero-order chi connectivity index (χ0) is 17.1. The average molecular weight is 362 g/mol. The summed E-state index contributed by atoms with van der Waals surface area (Å²) in [5.41, 5.74) is -4.13. The summed E-state index contributed by atoms with van der Waals surface area (Å²) >= 11 is 0. The molecule has 0 amide bonds. The van der Waals surface area contributed by atoms with Gasteiger partial charge in [0.05, 0.1) is 0 Å². The van der Waals surface area contributed by atoms with Crippen LogP contribution in [0.4, 0.5) is 39.5 Å². The molecule has 0 heterocycles. The van der Waals surface area contributed by atoms with Crippen molar-refractivity contribution in [2.24, 2.45) is 0 Å². The van der Waals surface area contributed by atoms with Crippen molar-refractivity contribution in [3.8, 4) is 0 Å². The fourth-order valence-electron chi connectivity index (χ4n) is 1.15. The second-order valence-electron chi connectivity index (χ2n) is 3.84. The van der Waals surface area contributed by atoms with Crippen molar-refractivity contribution in [1.29, 1.82) is 0 Å². The van der Waals surface area contributed by atoms with Crippen LogP contribution >= 0.6 is 0 Å². The molecule has 0 N–H and O–H groups in total. The first kappa shape index (κ1) is 24.1. The predicted molar refractivity (Wildman–Crippen MR) is 50.0 cm³/mol. The summed E-state index contributed by atoms with van der Waals surface area (Å²) in [6, 6.07) is 0. The van der Waals surface area contributed by atoms with Crippen LogP contribution in [0.1, 0.15) is 0 Å². The fourth-order valence-corrected chi connectivity index (χ4v) is 1.61. The maximum atomic E-state index is 13.0. The van der Waals surface area contributed by atoms with E-state index in [1.54, 1.807) is 0 Å². The Labute approximate surface area is 131 Å². The zero-order valence-corrected chi connectivity index (χ0v) is 11.5. The number of hydrogen-bond acceptors (Lipinski definition) is 3. The van der Waals surface area contributed by atoms with Crippen LogP contribution in [-0.2, 0) is 10.1 Å². The molecule has 0 aliphatic carbocycles. The Morgan fingerprint density at radius 1 is 0.591 bits per heavy atom. The molecule has 0 aromatic heterocycles. The van der Waals surface area contributed by atoms with Gasteiger partial charge in [-0.05, 0) is 0 Å². The Morgan fingerprint density at radius 3 is 1.14 bits per heavy atom. The van der Waals surface area contributed by atoms with Gasteiger partial charge in [0.1, 0.15) is 10.1 Å². The maximum absolute atomic E-state index is 13.0. The summed E-state index contributed by atoms with van der Waals surface area (Å²) in [6.45, 7) is 0. The van der Waals surface area contributed by atoms with Gasteiger partial charge in [0.15, 0.2) is 37.0 Å². The van der Waals surface area contributed by atoms with Crippen molar-refractivity contribution in [1.82, 2.24) is 0 Å². The van der Waals surface area contributed by atoms with Crippen molar-refractivity contribution in [2.45, 2.75) is 49.0 Å². The summed E-state index contributed by atoms with van der Waals surface area (Å²) in [4.78, 5) is 0. The van der Waals surface area contributed by atoms with E-state index in [0.29, 0.717) is 0 Å². The Kier molecular flexibility index (Phi) is 10.1. The van der Waals surface area contributed by atoms with E-state index in [2.05, 4.69) is 0 Å². The zero-order valence-electron chi connectivity index (χ0n) is 10.7. The molecule has 0 rings (SSSR count). The van der Waals surface area contributed by atoms with Crippen LogP contribution < -0.4 is 18.9 Å². The molecule has 3 nitrogen and oxygen atoms in total. The molecule has 128 valence electrons. The van der Waals surface area contributed by atoms with E-state index < -0.39 is 59.1 Å². The molecule has 7 atom stereocenters. The Hall–Kier alpha value is -0.123. The first-order chi connectivity index (χ1) is 9.32. The first-order valence-electron chi connectivity index (χ1n) is 5.03. The van der Waals surface area contributed by atoms with Gasteiger partial charge in [0, 0.05) is 0 Å². The Morgan fingerprint density at radius 2 is 0.864 bits per heavy atom. The minimum absolute atomic E-state index is 0. The molecule has 14 heteroatoms. The third-order valence-corrected chi connectivity index (χ3v) is 3.10. The van der Waals surface area contributed by atoms with Crippen LogP contribution in [0.25, 0.3) is 0 Å². The van der Waals surface area contributed by atoms with Crippen LogP contribution in [0.5, 0.6) is 0 Å². The fraction of sp³-hybridized carbons (Fsp3) is 1.00. The normalized spacial score (nSPS) is 22.1. The van der Waals surface area contributed by atoms with E-state index in [4.69, 9.17) is 0 Å². The molecule has 0 saturated heterocycles. The van der Waals surface area contributed by atoms with Crippen molar-refractivity contribution in [2.75, 3.05) is 0 Å². The van der Waals surface area contributed by atoms with Crippen molar-refractivity contribution in [3.63, 3.8) is 0 Å². The largest absolute Gasteiger partial charge is 1.00 e. The van der Waals surface area contributed by atoms with Crippen molar-refractivity contribution in [3.05, 3.63) is 0 Å². The number of halogens is 9. The third-order valence-electron chi connectivity index (χ3n) is 2.29. The Balaban J connectivity index is 0. The van der Waals surface area contributed by atoms with Crippen LogP contribution in [0.2, 0.25) is 0 Å². The van der Waals surface area contributed by atoms with Crippen LogP contribution in [0.3, 0.4) is 0 Å². The van der Waals surface area contributed by atoms with Gasteiger partial charge in [-0.1, -0.05) is 0 Å². The third kappa shape index (κ3) is 6.17. The summed E-state index contributed by atoms with van der Waals surface area (Å²) in [7, 11) is -6.06. The SMILES string of the molecule is O=S(=O)([O-])C(F)C(F)C(F)C(F)C(F)C(F)C(F)C(F)F.[Li+]. The predicted octanol–water partition coefficient (Wildman–Crippen LogP) is -0.875. The molecule has 0 aliphatic heterocycles. The number of alkyl halides is 9. The summed E-state index contributed by atoms with van der Waals surface area (Å²) in [6.07, 6.45) is -27.9. The van der Waals surface area contributed by atoms with Gasteiger partial charge in [-0.25, -0.2) is 47.9 Å². The molecule has 0 fully saturated rings. The van der Waals surface area contributed by atoms with Gasteiger partial charge in [-0.2, -0.15) is 0 Å². The quantitative estimate of drug-likeness (QED) is 0.320. The minimum Gasteiger partial charge on any atom is -0.746 e. The molecule has 0 radical (unpaired) electrons. The second kappa shape index (κ2) is 9.24. The molecule has 22 heavy (non-hydrogen) atoms. The van der Waals surface area contributed by atoms with Crippen molar-refractivity contribution < 1.29 is 71.3 Å². The molecule has 7 unspecified atom stereocenters. The molecule has 0 aromatic rings. The van der Waals surface area contributed by atoms with Gasteiger partial charge in [-0.3, -0.25) is 0 Å². The van der Waals surface area contributed by atoms with Gasteiger partial charge in [0.2, 0.25) is 5.50 Å². The summed E-state index contributed by atoms with van der Waals surface area (Å²) in [5.74, 6) is 0. The molecule has 0 bridgehead atoms. The van der Waals surface area contributed by atoms with Crippen LogP contribution in [-0.4, -0.2) is 61.9 Å². The molecule has 0 saturated carbocycles. The molecular weight excluding hydrogens is 354 g/mol. The van der Waals surface area contributed by atoms with Crippen LogP contribution in [0, 0.1) is 0 Å². The van der Waals surface area contributed by atoms with Crippen molar-refractivity contribution >= 4 is 10.1 Å². The minimum atomic E-state index is -6.06. The van der Waals surface area contributed by atoms with E-state index in [1.165, 1.54) is 0 Å². The van der Waals surface area contributed by atoms with E-state index in [1.807, 2.05) is 0 Å². The smallest absolute Gasteiger partial charge is 0.746 e. The van der Waals surface area contributed by atoms with Gasteiger partial charge < -0.3 is 4.55 Å². The summed E-state index contributed by atoms with van der Waals surface area (Å²) < 4.78 is 143. The first-order valence-corrected chi connectivity index (χ1v) is 6.50. The van der Waals surface area contributed by atoms with E-state index >= 15 is 0 Å². The monoisotopic (exact) mass is 362 g/mol. The van der Waals surface area contributed by atoms with Gasteiger partial charge in [0.25, 0.3) is 6.43 Å². The average Bonchev–Trinajstić information content (AvgIpc) is 2.40. The number of rotatable bonds is 8. The molecular formula is C8H8F9LiO3S. The number of hydrogen-bond donors (Lipinski definition) is 0. The van der Waals surface area contributed by atoms with E-state index in [0.717, 1.165) is 0 Å². The van der Waals surface area contributed by atoms with Gasteiger partial charge in [-0.15, -0.1) is 0 Å². The standard InChI is InChI=1S/C8H9F9O3S.Li/c9-1(3(11)5(13)7(15)16)2(10)4(12)6(14)8(17)21(18,19)20;/h1-8H,(H,18,19,20);/q;+1/p-1. The second-order valence-corrected chi connectivity index (χ2v) is 5.28. The molecule has 0 aliphatic rings. The maximum Gasteiger partial charge on any atom is 1.00 e. The topological polar surface area (TPSA) is 57.2 Å². The van der Waals surface area contributed by atoms with Gasteiger partial charge >= 0.3 is 18.9 Å². The van der Waals surface area contributed by atoms with E-state index in [-0.39, 0.29) is 18.9 Å². The van der Waals surface area contributed by atoms with Crippen LogP contribution in [0.15, 0.2) is 0 Å². The van der Waals surface area contributed by atoms with E-state index in [9.17, 15) is 52.5 Å². The molecule has 0 spiro atoms.